The lowest BCUT2D eigenvalue weighted by Crippen LogP contribution is -2.45. The van der Waals surface area contributed by atoms with Crippen molar-refractivity contribution in [2.75, 3.05) is 31.9 Å². The van der Waals surface area contributed by atoms with Crippen LogP contribution in [0.1, 0.15) is 37.3 Å². The van der Waals surface area contributed by atoms with Crippen molar-refractivity contribution in [3.05, 3.63) is 29.3 Å². The summed E-state index contributed by atoms with van der Waals surface area (Å²) in [6.45, 7) is 5.75. The molecule has 132 valence electrons. The fourth-order valence-corrected chi connectivity index (χ4v) is 4.24. The van der Waals surface area contributed by atoms with Gasteiger partial charge in [0.25, 0.3) is 0 Å². The van der Waals surface area contributed by atoms with Gasteiger partial charge in [-0.25, -0.2) is 4.79 Å². The van der Waals surface area contributed by atoms with Crippen LogP contribution in [0.3, 0.4) is 0 Å². The van der Waals surface area contributed by atoms with Gasteiger partial charge in [0.15, 0.2) is 0 Å². The SMILES string of the molecule is CCN(CC1CCN(C(=O)O)CC1)C1CCc2ccc(N)cc2C1. The number of benzene rings is 1. The lowest BCUT2D eigenvalue weighted by molar-refractivity contribution is 0.101. The van der Waals surface area contributed by atoms with Crippen molar-refractivity contribution < 1.29 is 9.90 Å². The van der Waals surface area contributed by atoms with Gasteiger partial charge in [-0.05, 0) is 67.8 Å². The third-order valence-corrected chi connectivity index (χ3v) is 5.73. The highest BCUT2D eigenvalue weighted by Gasteiger charge is 2.28. The summed E-state index contributed by atoms with van der Waals surface area (Å²) in [6, 6.07) is 6.91. The van der Waals surface area contributed by atoms with Crippen molar-refractivity contribution >= 4 is 11.8 Å². The van der Waals surface area contributed by atoms with Crippen LogP contribution < -0.4 is 5.73 Å². The van der Waals surface area contributed by atoms with Crippen molar-refractivity contribution in [2.24, 2.45) is 5.92 Å². The van der Waals surface area contributed by atoms with Crippen LogP contribution in [-0.4, -0.2) is 53.2 Å². The molecule has 1 aromatic carbocycles. The number of nitrogens with zero attached hydrogens (tertiary/aromatic N) is 2. The van der Waals surface area contributed by atoms with Gasteiger partial charge in [-0.3, -0.25) is 0 Å². The zero-order valence-electron chi connectivity index (χ0n) is 14.6. The maximum Gasteiger partial charge on any atom is 0.407 e. The number of likely N-dealkylation sites (N-methyl/N-ethyl adjacent to an activating group) is 1. The summed E-state index contributed by atoms with van der Waals surface area (Å²) in [5.74, 6) is 0.614. The maximum absolute atomic E-state index is 11.0. The van der Waals surface area contributed by atoms with Crippen LogP contribution in [-0.2, 0) is 12.8 Å². The molecule has 5 heteroatoms. The molecule has 1 aromatic rings. The van der Waals surface area contributed by atoms with Crippen LogP contribution in [0.4, 0.5) is 10.5 Å². The lowest BCUT2D eigenvalue weighted by atomic mass is 9.86. The Hall–Kier alpha value is -1.75. The van der Waals surface area contributed by atoms with Crippen LogP contribution in [0.5, 0.6) is 0 Å². The van der Waals surface area contributed by atoms with Crippen molar-refractivity contribution in [2.45, 2.75) is 45.1 Å². The Labute approximate surface area is 144 Å². The highest BCUT2D eigenvalue weighted by molar-refractivity contribution is 5.64. The number of likely N-dealkylation sites (tertiary alicyclic amines) is 1. The highest BCUT2D eigenvalue weighted by atomic mass is 16.4. The van der Waals surface area contributed by atoms with E-state index in [2.05, 4.69) is 24.0 Å². The van der Waals surface area contributed by atoms with Gasteiger partial charge in [0.1, 0.15) is 0 Å². The summed E-state index contributed by atoms with van der Waals surface area (Å²) in [4.78, 5) is 15.2. The summed E-state index contributed by atoms with van der Waals surface area (Å²) in [6.07, 6.45) is 4.62. The van der Waals surface area contributed by atoms with E-state index in [4.69, 9.17) is 10.8 Å². The molecule has 1 unspecified atom stereocenters. The zero-order valence-corrected chi connectivity index (χ0v) is 14.6. The van der Waals surface area contributed by atoms with E-state index in [1.54, 1.807) is 4.90 Å². The molecule has 0 aromatic heterocycles. The van der Waals surface area contributed by atoms with Crippen molar-refractivity contribution in [3.8, 4) is 0 Å². The second-order valence-electron chi connectivity index (χ2n) is 7.23. The van der Waals surface area contributed by atoms with E-state index in [9.17, 15) is 4.79 Å². The third kappa shape index (κ3) is 3.83. The van der Waals surface area contributed by atoms with Gasteiger partial charge in [-0.2, -0.15) is 0 Å². The maximum atomic E-state index is 11.0. The van der Waals surface area contributed by atoms with Gasteiger partial charge in [0, 0.05) is 31.4 Å². The quantitative estimate of drug-likeness (QED) is 0.833. The Bertz CT molecular complexity index is 582. The first-order valence-electron chi connectivity index (χ1n) is 9.16. The highest BCUT2D eigenvalue weighted by Crippen LogP contribution is 2.28. The van der Waals surface area contributed by atoms with Gasteiger partial charge >= 0.3 is 6.09 Å². The summed E-state index contributed by atoms with van der Waals surface area (Å²) >= 11 is 0. The Morgan fingerprint density at radius 3 is 2.71 bits per heavy atom. The number of fused-ring (bicyclic) bond motifs is 1. The number of piperidine rings is 1. The molecular weight excluding hydrogens is 302 g/mol. The van der Waals surface area contributed by atoms with Gasteiger partial charge in [0.2, 0.25) is 0 Å². The Morgan fingerprint density at radius 1 is 1.29 bits per heavy atom. The minimum atomic E-state index is -0.776. The summed E-state index contributed by atoms with van der Waals surface area (Å²) in [5.41, 5.74) is 9.67. The number of aryl methyl sites for hydroxylation is 1. The van der Waals surface area contributed by atoms with E-state index < -0.39 is 6.09 Å². The number of hydrogen-bond acceptors (Lipinski definition) is 3. The van der Waals surface area contributed by atoms with Crippen LogP contribution in [0.25, 0.3) is 0 Å². The zero-order chi connectivity index (χ0) is 17.1. The van der Waals surface area contributed by atoms with Crippen LogP contribution in [0, 0.1) is 5.92 Å². The largest absolute Gasteiger partial charge is 0.465 e. The first-order valence-corrected chi connectivity index (χ1v) is 9.16. The number of nitrogen functional groups attached to an aromatic ring is 1. The number of carboxylic acid groups (broad SMARTS) is 1. The van der Waals surface area contributed by atoms with Crippen LogP contribution in [0.2, 0.25) is 0 Å². The number of nitrogens with two attached hydrogens (primary N) is 1. The number of hydrogen-bond donors (Lipinski definition) is 2. The number of rotatable bonds is 4. The number of amides is 1. The topological polar surface area (TPSA) is 69.8 Å². The van der Waals surface area contributed by atoms with E-state index in [-0.39, 0.29) is 0 Å². The molecule has 3 rings (SSSR count). The van der Waals surface area contributed by atoms with E-state index in [0.717, 1.165) is 44.5 Å². The molecule has 1 heterocycles. The predicted octanol–water partition coefficient (Wildman–Crippen LogP) is 2.84. The molecule has 0 bridgehead atoms. The first kappa shape index (κ1) is 17.1. The third-order valence-electron chi connectivity index (χ3n) is 5.73. The van der Waals surface area contributed by atoms with Crippen molar-refractivity contribution in [1.82, 2.24) is 9.80 Å². The average Bonchev–Trinajstić information content (AvgIpc) is 2.59. The molecule has 0 spiro atoms. The Balaban J connectivity index is 1.58. The van der Waals surface area contributed by atoms with E-state index in [1.807, 2.05) is 6.07 Å². The van der Waals surface area contributed by atoms with E-state index in [0.29, 0.717) is 25.0 Å². The first-order chi connectivity index (χ1) is 11.6. The van der Waals surface area contributed by atoms with Crippen molar-refractivity contribution in [1.29, 1.82) is 0 Å². The normalized spacial score (nSPS) is 21.8. The van der Waals surface area contributed by atoms with Gasteiger partial charge < -0.3 is 20.6 Å². The fourth-order valence-electron chi connectivity index (χ4n) is 4.24. The second-order valence-corrected chi connectivity index (χ2v) is 7.23. The molecule has 1 atom stereocenters. The molecule has 24 heavy (non-hydrogen) atoms. The van der Waals surface area contributed by atoms with Crippen molar-refractivity contribution in [3.63, 3.8) is 0 Å². The molecule has 0 saturated carbocycles. The molecular formula is C19H29N3O2. The van der Waals surface area contributed by atoms with Gasteiger partial charge in [0.05, 0.1) is 0 Å². The second kappa shape index (κ2) is 7.43. The Morgan fingerprint density at radius 2 is 2.04 bits per heavy atom. The molecule has 5 nitrogen and oxygen atoms in total. The minimum absolute atomic E-state index is 0.585. The summed E-state index contributed by atoms with van der Waals surface area (Å²) in [5, 5.41) is 9.08. The Kier molecular flexibility index (Phi) is 5.29. The molecule has 2 aliphatic rings. The summed E-state index contributed by atoms with van der Waals surface area (Å²) in [7, 11) is 0. The molecule has 1 saturated heterocycles. The lowest BCUT2D eigenvalue weighted by Gasteiger charge is -2.39. The fraction of sp³-hybridized carbons (Fsp3) is 0.632. The predicted molar refractivity (Wildman–Crippen MR) is 96.2 cm³/mol. The monoisotopic (exact) mass is 331 g/mol. The molecule has 1 aliphatic heterocycles. The van der Waals surface area contributed by atoms with E-state index in [1.165, 1.54) is 17.5 Å². The standard InChI is InChI=1S/C19H29N3O2/c1-2-21(13-14-7-9-22(10-8-14)19(23)24)18-6-4-15-3-5-17(20)11-16(15)12-18/h3,5,11,14,18H,2,4,6-10,12-13,20H2,1H3,(H,23,24). The minimum Gasteiger partial charge on any atom is -0.465 e. The molecule has 3 N–H and O–H groups in total. The van der Waals surface area contributed by atoms with Crippen LogP contribution >= 0.6 is 0 Å². The number of carbonyl (C=O) groups is 1. The molecule has 1 fully saturated rings. The number of anilines is 1. The smallest absolute Gasteiger partial charge is 0.407 e. The van der Waals surface area contributed by atoms with Gasteiger partial charge in [-0.15, -0.1) is 0 Å². The average molecular weight is 331 g/mol. The van der Waals surface area contributed by atoms with Gasteiger partial charge in [-0.1, -0.05) is 13.0 Å². The summed E-state index contributed by atoms with van der Waals surface area (Å²) < 4.78 is 0. The molecule has 1 aliphatic carbocycles. The van der Waals surface area contributed by atoms with E-state index >= 15 is 0 Å². The van der Waals surface area contributed by atoms with Crippen LogP contribution in [0.15, 0.2) is 18.2 Å². The molecule has 0 radical (unpaired) electrons. The molecule has 1 amide bonds.